The minimum absolute atomic E-state index is 0.0312. The average Bonchev–Trinajstić information content (AvgIpc) is 2.97. The Hall–Kier alpha value is -0.610. The van der Waals surface area contributed by atoms with Crippen LogP contribution in [0.2, 0.25) is 0 Å². The first kappa shape index (κ1) is 55.4. The SMILES string of the molecule is CC(C)OCC(COC(C)(C)CCOC(C)(C)F)OC(C)(C)CCOC(C)(C)CCOC(COC(C)(C)CCOC(C)(C)F)COC(C)(C)CCOC(C)(C)F. The Bertz CT molecular complexity index is 994. The molecule has 0 aromatic heterocycles. The normalized spacial score (nSPS) is 15.1. The molecular weight excluding hydrogens is 733 g/mol. The molecule has 1 unspecified atom stereocenters. The van der Waals surface area contributed by atoms with Gasteiger partial charge in [0.05, 0.1) is 87.0 Å². The van der Waals surface area contributed by atoms with Crippen molar-refractivity contribution < 1.29 is 60.5 Å². The van der Waals surface area contributed by atoms with Gasteiger partial charge in [-0.2, -0.15) is 0 Å². The van der Waals surface area contributed by atoms with Crippen LogP contribution < -0.4 is 0 Å². The van der Waals surface area contributed by atoms with Gasteiger partial charge < -0.3 is 47.4 Å². The molecule has 0 spiro atoms. The van der Waals surface area contributed by atoms with Gasteiger partial charge in [0.25, 0.3) is 0 Å². The molecule has 0 saturated carbocycles. The highest BCUT2D eigenvalue weighted by molar-refractivity contribution is 4.78. The van der Waals surface area contributed by atoms with Gasteiger partial charge >= 0.3 is 0 Å². The molecule has 1 atom stereocenters. The van der Waals surface area contributed by atoms with Gasteiger partial charge in [-0.1, -0.05) is 0 Å². The standard InChI is InChI=1S/C43H85F3O10/c1-33(2)48-29-35(32-55-39(9,10)22-28-52-43(17,18)46)56-40(11,12)23-25-49-36(3,4)19-24-47-34(30-53-37(5,6)20-26-50-41(13,14)44)31-54-38(7,8)21-27-51-42(15,16)45/h33-35H,19-32H2,1-18H3. The van der Waals surface area contributed by atoms with E-state index in [1.165, 1.54) is 41.5 Å². The van der Waals surface area contributed by atoms with Crippen LogP contribution in [-0.2, 0) is 47.4 Å². The third kappa shape index (κ3) is 33.2. The monoisotopic (exact) mass is 819 g/mol. The molecule has 10 nitrogen and oxygen atoms in total. The average molecular weight is 819 g/mol. The third-order valence-corrected chi connectivity index (χ3v) is 8.78. The smallest absolute Gasteiger partial charge is 0.203 e. The van der Waals surface area contributed by atoms with Crippen molar-refractivity contribution in [2.24, 2.45) is 0 Å². The molecular formula is C43H85F3O10. The maximum absolute atomic E-state index is 13.9. The van der Waals surface area contributed by atoms with Crippen molar-refractivity contribution in [2.45, 2.75) is 221 Å². The molecule has 0 aliphatic carbocycles. The fourth-order valence-corrected chi connectivity index (χ4v) is 4.98. The predicted octanol–water partition coefficient (Wildman–Crippen LogP) is 10.3. The highest BCUT2D eigenvalue weighted by Gasteiger charge is 2.31. The van der Waals surface area contributed by atoms with Crippen LogP contribution in [0.4, 0.5) is 13.2 Å². The van der Waals surface area contributed by atoms with Gasteiger partial charge in [0.2, 0.25) is 17.6 Å². The van der Waals surface area contributed by atoms with Gasteiger partial charge in [-0.05, 0) is 157 Å². The minimum atomic E-state index is -1.72. The van der Waals surface area contributed by atoms with Gasteiger partial charge in [0, 0.05) is 6.61 Å². The number of ether oxygens (including phenoxy) is 10. The van der Waals surface area contributed by atoms with E-state index in [1.54, 1.807) is 0 Å². The Morgan fingerprint density at radius 3 is 1.00 bits per heavy atom. The highest BCUT2D eigenvalue weighted by Crippen LogP contribution is 2.25. The Balaban J connectivity index is 5.29. The lowest BCUT2D eigenvalue weighted by Crippen LogP contribution is -2.41. The zero-order valence-electron chi connectivity index (χ0n) is 38.8. The first-order valence-corrected chi connectivity index (χ1v) is 20.6. The van der Waals surface area contributed by atoms with Crippen molar-refractivity contribution in [2.75, 3.05) is 59.5 Å². The summed E-state index contributed by atoms with van der Waals surface area (Å²) >= 11 is 0. The lowest BCUT2D eigenvalue weighted by atomic mass is 10.0. The fourth-order valence-electron chi connectivity index (χ4n) is 4.98. The first-order chi connectivity index (χ1) is 25.1. The van der Waals surface area contributed by atoms with Crippen molar-refractivity contribution in [1.82, 2.24) is 0 Å². The molecule has 0 heterocycles. The van der Waals surface area contributed by atoms with Gasteiger partial charge in [-0.25, -0.2) is 13.2 Å². The predicted molar refractivity (Wildman–Crippen MR) is 216 cm³/mol. The molecule has 0 bridgehead atoms. The van der Waals surface area contributed by atoms with Crippen LogP contribution in [0.15, 0.2) is 0 Å². The lowest BCUT2D eigenvalue weighted by molar-refractivity contribution is -0.172. The zero-order chi connectivity index (χ0) is 43.7. The zero-order valence-corrected chi connectivity index (χ0v) is 38.8. The molecule has 0 rings (SSSR count). The molecule has 0 N–H and O–H groups in total. The Kier molecular flexibility index (Phi) is 23.7. The Morgan fingerprint density at radius 1 is 0.339 bits per heavy atom. The van der Waals surface area contributed by atoms with Crippen molar-refractivity contribution in [3.05, 3.63) is 0 Å². The van der Waals surface area contributed by atoms with Crippen molar-refractivity contribution in [3.8, 4) is 0 Å². The minimum Gasteiger partial charge on any atom is -0.376 e. The van der Waals surface area contributed by atoms with Crippen LogP contribution >= 0.6 is 0 Å². The number of hydrogen-bond donors (Lipinski definition) is 0. The number of alkyl halides is 3. The van der Waals surface area contributed by atoms with E-state index in [-0.39, 0.29) is 45.2 Å². The van der Waals surface area contributed by atoms with Crippen LogP contribution in [0.1, 0.15) is 157 Å². The maximum Gasteiger partial charge on any atom is 0.203 e. The summed E-state index contributed by atoms with van der Waals surface area (Å²) in [6, 6.07) is 0. The van der Waals surface area contributed by atoms with Crippen molar-refractivity contribution in [1.29, 1.82) is 0 Å². The van der Waals surface area contributed by atoms with Crippen LogP contribution in [0.3, 0.4) is 0 Å². The fraction of sp³-hybridized carbons (Fsp3) is 1.00. The quantitative estimate of drug-likeness (QED) is 0.0625. The van der Waals surface area contributed by atoms with E-state index in [2.05, 4.69) is 0 Å². The molecule has 0 aromatic carbocycles. The summed E-state index contributed by atoms with van der Waals surface area (Å²) in [6.45, 7) is 34.6. The largest absolute Gasteiger partial charge is 0.376 e. The van der Waals surface area contributed by atoms with Crippen LogP contribution in [-0.4, -0.2) is 123 Å². The Labute approximate surface area is 340 Å². The Morgan fingerprint density at radius 2 is 0.643 bits per heavy atom. The highest BCUT2D eigenvalue weighted by atomic mass is 19.2. The van der Waals surface area contributed by atoms with Crippen LogP contribution in [0, 0.1) is 0 Å². The topological polar surface area (TPSA) is 92.3 Å². The second-order valence-electron chi connectivity index (χ2n) is 19.6. The van der Waals surface area contributed by atoms with Gasteiger partial charge in [-0.3, -0.25) is 0 Å². The summed E-state index contributed by atoms with van der Waals surface area (Å²) in [5.74, 6) is -5.13. The molecule has 0 radical (unpaired) electrons. The first-order valence-electron chi connectivity index (χ1n) is 20.6. The summed E-state index contributed by atoms with van der Waals surface area (Å²) in [7, 11) is 0. The van der Waals surface area contributed by atoms with E-state index in [1.807, 2.05) is 83.1 Å². The second kappa shape index (κ2) is 24.0. The second-order valence-corrected chi connectivity index (χ2v) is 19.6. The van der Waals surface area contributed by atoms with Gasteiger partial charge in [-0.15, -0.1) is 0 Å². The molecule has 0 aliphatic heterocycles. The lowest BCUT2D eigenvalue weighted by Gasteiger charge is -2.35. The van der Waals surface area contributed by atoms with E-state index in [4.69, 9.17) is 47.4 Å². The number of hydrogen-bond acceptors (Lipinski definition) is 10. The van der Waals surface area contributed by atoms with Gasteiger partial charge in [0.1, 0.15) is 12.2 Å². The summed E-state index contributed by atoms with van der Waals surface area (Å²) in [4.78, 5) is 0. The third-order valence-electron chi connectivity index (χ3n) is 8.78. The number of halogens is 3. The molecule has 0 aromatic rings. The molecule has 0 saturated heterocycles. The van der Waals surface area contributed by atoms with Crippen molar-refractivity contribution >= 4 is 0 Å². The maximum atomic E-state index is 13.9. The molecule has 13 heteroatoms. The van der Waals surface area contributed by atoms with Crippen LogP contribution in [0.5, 0.6) is 0 Å². The van der Waals surface area contributed by atoms with E-state index < -0.39 is 51.7 Å². The molecule has 56 heavy (non-hydrogen) atoms. The summed E-state index contributed by atoms with van der Waals surface area (Å²) in [6.07, 6.45) is 2.03. The molecule has 338 valence electrons. The molecule has 0 amide bonds. The van der Waals surface area contributed by atoms with E-state index >= 15 is 0 Å². The number of rotatable bonds is 34. The van der Waals surface area contributed by atoms with Crippen molar-refractivity contribution in [3.63, 3.8) is 0 Å². The van der Waals surface area contributed by atoms with E-state index in [9.17, 15) is 13.2 Å². The molecule has 0 aliphatic rings. The molecule has 0 fully saturated rings. The summed E-state index contributed by atoms with van der Waals surface area (Å²) in [5.41, 5.74) is -2.77. The van der Waals surface area contributed by atoms with Crippen LogP contribution in [0.25, 0.3) is 0 Å². The van der Waals surface area contributed by atoms with E-state index in [0.29, 0.717) is 58.5 Å². The summed E-state index contributed by atoms with van der Waals surface area (Å²) < 4.78 is 101. The van der Waals surface area contributed by atoms with E-state index in [0.717, 1.165) is 0 Å². The van der Waals surface area contributed by atoms with Gasteiger partial charge in [0.15, 0.2) is 0 Å². The summed E-state index contributed by atoms with van der Waals surface area (Å²) in [5, 5.41) is 0.